The van der Waals surface area contributed by atoms with E-state index in [0.717, 1.165) is 37.2 Å². The Morgan fingerprint density at radius 1 is 1.11 bits per heavy atom. The highest BCUT2D eigenvalue weighted by Gasteiger charge is 2.15. The summed E-state index contributed by atoms with van der Waals surface area (Å²) in [4.78, 5) is 12.8. The lowest BCUT2D eigenvalue weighted by Gasteiger charge is -2.23. The molecule has 1 N–H and O–H groups in total. The van der Waals surface area contributed by atoms with E-state index >= 15 is 0 Å². The summed E-state index contributed by atoms with van der Waals surface area (Å²) in [6, 6.07) is 3.85. The largest absolute Gasteiger partial charge is 0.473 e. The third-order valence-electron chi connectivity index (χ3n) is 3.14. The van der Waals surface area contributed by atoms with Crippen molar-refractivity contribution < 1.29 is 4.74 Å². The molecule has 5 nitrogen and oxygen atoms in total. The number of ether oxygens (including phenoxy) is 1. The number of pyridine rings is 1. The maximum absolute atomic E-state index is 5.88. The van der Waals surface area contributed by atoms with Crippen LogP contribution < -0.4 is 10.1 Å². The molecule has 0 spiro atoms. The maximum Gasteiger partial charge on any atom is 0.233 e. The molecule has 19 heavy (non-hydrogen) atoms. The van der Waals surface area contributed by atoms with Crippen LogP contribution in [0.15, 0.2) is 36.9 Å². The smallest absolute Gasteiger partial charge is 0.233 e. The Labute approximate surface area is 112 Å². The molecule has 0 amide bonds. The van der Waals surface area contributed by atoms with E-state index in [1.807, 2.05) is 12.1 Å². The van der Waals surface area contributed by atoms with Crippen molar-refractivity contribution in [3.05, 3.63) is 36.9 Å². The molecule has 2 aromatic rings. The summed E-state index contributed by atoms with van der Waals surface area (Å²) in [7, 11) is 0. The average molecular weight is 256 g/mol. The molecule has 0 saturated carbocycles. The van der Waals surface area contributed by atoms with Crippen LogP contribution in [0, 0.1) is 0 Å². The fourth-order valence-corrected chi connectivity index (χ4v) is 2.14. The fraction of sp³-hybridized carbons (Fsp3) is 0.357. The fourth-order valence-electron chi connectivity index (χ4n) is 2.14. The van der Waals surface area contributed by atoms with Gasteiger partial charge in [0.05, 0.1) is 18.1 Å². The first-order valence-electron chi connectivity index (χ1n) is 6.51. The van der Waals surface area contributed by atoms with Crippen LogP contribution in [0.5, 0.6) is 5.88 Å². The average Bonchev–Trinajstić information content (AvgIpc) is 2.49. The number of hydrogen-bond donors (Lipinski definition) is 1. The zero-order chi connectivity index (χ0) is 12.9. The van der Waals surface area contributed by atoms with Gasteiger partial charge in [0.15, 0.2) is 0 Å². The van der Waals surface area contributed by atoms with Gasteiger partial charge < -0.3 is 10.1 Å². The predicted molar refractivity (Wildman–Crippen MR) is 71.8 cm³/mol. The molecule has 0 unspecified atom stereocenters. The number of piperidine rings is 1. The molecule has 3 heterocycles. The van der Waals surface area contributed by atoms with E-state index in [2.05, 4.69) is 20.3 Å². The number of rotatable bonds is 3. The molecule has 0 bridgehead atoms. The molecule has 98 valence electrons. The second-order valence-electron chi connectivity index (χ2n) is 4.55. The van der Waals surface area contributed by atoms with Gasteiger partial charge >= 0.3 is 0 Å². The van der Waals surface area contributed by atoms with Crippen molar-refractivity contribution in [2.24, 2.45) is 0 Å². The second kappa shape index (κ2) is 5.75. The molecule has 1 saturated heterocycles. The minimum atomic E-state index is 0.236. The quantitative estimate of drug-likeness (QED) is 0.905. The van der Waals surface area contributed by atoms with E-state index in [4.69, 9.17) is 4.74 Å². The molecule has 2 aromatic heterocycles. The summed E-state index contributed by atoms with van der Waals surface area (Å²) in [5.74, 6) is 0.591. The lowest BCUT2D eigenvalue weighted by Crippen LogP contribution is -2.34. The second-order valence-corrected chi connectivity index (χ2v) is 4.55. The molecule has 1 fully saturated rings. The molecular weight excluding hydrogens is 240 g/mol. The Balaban J connectivity index is 1.76. The van der Waals surface area contributed by atoms with E-state index in [-0.39, 0.29) is 6.10 Å². The number of nitrogens with zero attached hydrogens (tertiary/aromatic N) is 3. The van der Waals surface area contributed by atoms with Crippen LogP contribution in [0.25, 0.3) is 11.3 Å². The van der Waals surface area contributed by atoms with E-state index in [1.54, 1.807) is 24.8 Å². The molecule has 0 aliphatic carbocycles. The van der Waals surface area contributed by atoms with Gasteiger partial charge in [-0.15, -0.1) is 0 Å². The van der Waals surface area contributed by atoms with Crippen LogP contribution in [0.2, 0.25) is 0 Å². The molecule has 0 atom stereocenters. The first kappa shape index (κ1) is 12.0. The normalized spacial score (nSPS) is 16.2. The van der Waals surface area contributed by atoms with Crippen LogP contribution >= 0.6 is 0 Å². The Morgan fingerprint density at radius 3 is 2.79 bits per heavy atom. The summed E-state index contributed by atoms with van der Waals surface area (Å²) in [6.07, 6.45) is 9.18. The molecule has 1 aliphatic heterocycles. The van der Waals surface area contributed by atoms with Gasteiger partial charge in [-0.1, -0.05) is 0 Å². The van der Waals surface area contributed by atoms with Crippen LogP contribution in [0.3, 0.4) is 0 Å². The summed E-state index contributed by atoms with van der Waals surface area (Å²) in [5.41, 5.74) is 1.74. The van der Waals surface area contributed by atoms with Crippen LogP contribution in [-0.2, 0) is 0 Å². The van der Waals surface area contributed by atoms with Crippen molar-refractivity contribution in [2.45, 2.75) is 18.9 Å². The van der Waals surface area contributed by atoms with Gasteiger partial charge in [0.2, 0.25) is 5.88 Å². The standard InChI is InChI=1S/C14H16N4O/c1-2-11(8-16-5-1)13-9-17-10-14(18-13)19-12-3-6-15-7-4-12/h1-2,5,8-10,12,15H,3-4,6-7H2. The molecule has 3 rings (SSSR count). The van der Waals surface area contributed by atoms with E-state index < -0.39 is 0 Å². The van der Waals surface area contributed by atoms with Gasteiger partial charge in [-0.05, 0) is 38.1 Å². The van der Waals surface area contributed by atoms with Crippen molar-refractivity contribution >= 4 is 0 Å². The zero-order valence-electron chi connectivity index (χ0n) is 10.6. The minimum Gasteiger partial charge on any atom is -0.473 e. The lowest BCUT2D eigenvalue weighted by atomic mass is 10.1. The van der Waals surface area contributed by atoms with E-state index in [9.17, 15) is 0 Å². The summed E-state index contributed by atoms with van der Waals surface area (Å²) < 4.78 is 5.88. The van der Waals surface area contributed by atoms with Gasteiger partial charge in [-0.25, -0.2) is 4.98 Å². The van der Waals surface area contributed by atoms with Crippen molar-refractivity contribution in [3.8, 4) is 17.1 Å². The van der Waals surface area contributed by atoms with E-state index in [1.165, 1.54) is 0 Å². The molecular formula is C14H16N4O. The van der Waals surface area contributed by atoms with Crippen LogP contribution in [0.4, 0.5) is 0 Å². The first-order valence-corrected chi connectivity index (χ1v) is 6.51. The van der Waals surface area contributed by atoms with Gasteiger partial charge in [-0.2, -0.15) is 0 Å². The minimum absolute atomic E-state index is 0.236. The number of aromatic nitrogens is 3. The Kier molecular flexibility index (Phi) is 3.65. The third kappa shape index (κ3) is 3.06. The summed E-state index contributed by atoms with van der Waals surface area (Å²) in [6.45, 7) is 2.00. The van der Waals surface area contributed by atoms with Crippen molar-refractivity contribution in [2.75, 3.05) is 13.1 Å². The topological polar surface area (TPSA) is 59.9 Å². The highest BCUT2D eigenvalue weighted by atomic mass is 16.5. The van der Waals surface area contributed by atoms with Gasteiger partial charge in [-0.3, -0.25) is 9.97 Å². The van der Waals surface area contributed by atoms with Crippen LogP contribution in [0.1, 0.15) is 12.8 Å². The first-order chi connectivity index (χ1) is 9.42. The molecule has 5 heteroatoms. The molecule has 1 aliphatic rings. The maximum atomic E-state index is 5.88. The zero-order valence-corrected chi connectivity index (χ0v) is 10.6. The van der Waals surface area contributed by atoms with Gasteiger partial charge in [0.1, 0.15) is 6.10 Å². The highest BCUT2D eigenvalue weighted by Crippen LogP contribution is 2.19. The highest BCUT2D eigenvalue weighted by molar-refractivity contribution is 5.56. The lowest BCUT2D eigenvalue weighted by molar-refractivity contribution is 0.155. The summed E-state index contributed by atoms with van der Waals surface area (Å²) >= 11 is 0. The van der Waals surface area contributed by atoms with Gasteiger partial charge in [0, 0.05) is 18.0 Å². The third-order valence-corrected chi connectivity index (χ3v) is 3.14. The number of nitrogens with one attached hydrogen (secondary N) is 1. The van der Waals surface area contributed by atoms with Crippen molar-refractivity contribution in [3.63, 3.8) is 0 Å². The Morgan fingerprint density at radius 2 is 2.00 bits per heavy atom. The summed E-state index contributed by atoms with van der Waals surface area (Å²) in [5, 5.41) is 3.31. The molecule has 0 radical (unpaired) electrons. The van der Waals surface area contributed by atoms with Crippen molar-refractivity contribution in [1.29, 1.82) is 0 Å². The monoisotopic (exact) mass is 256 g/mol. The van der Waals surface area contributed by atoms with Crippen molar-refractivity contribution in [1.82, 2.24) is 20.3 Å². The SMILES string of the molecule is c1cncc(-c2cncc(OC3CCNCC3)n2)c1. The Hall–Kier alpha value is -2.01. The molecule has 0 aromatic carbocycles. The Bertz CT molecular complexity index is 526. The van der Waals surface area contributed by atoms with Crippen LogP contribution in [-0.4, -0.2) is 34.1 Å². The van der Waals surface area contributed by atoms with Gasteiger partial charge in [0.25, 0.3) is 0 Å². The number of hydrogen-bond acceptors (Lipinski definition) is 5. The predicted octanol–water partition coefficient (Wildman–Crippen LogP) is 1.67. The van der Waals surface area contributed by atoms with E-state index in [0.29, 0.717) is 5.88 Å².